The van der Waals surface area contributed by atoms with Crippen molar-refractivity contribution in [1.29, 1.82) is 0 Å². The molecule has 78 valence electrons. The van der Waals surface area contributed by atoms with Crippen molar-refractivity contribution in [3.05, 3.63) is 35.6 Å². The summed E-state index contributed by atoms with van der Waals surface area (Å²) in [5.74, 6) is 0.432. The van der Waals surface area contributed by atoms with Gasteiger partial charge in [-0.1, -0.05) is 12.1 Å². The van der Waals surface area contributed by atoms with E-state index < -0.39 is 0 Å². The van der Waals surface area contributed by atoms with E-state index in [1.54, 1.807) is 12.1 Å². The molecule has 1 aromatic rings. The van der Waals surface area contributed by atoms with E-state index in [2.05, 4.69) is 5.32 Å². The van der Waals surface area contributed by atoms with Crippen LogP contribution >= 0.6 is 12.4 Å². The SMILES string of the molecule is Cl.Fc1ccc([C@@H]2CCCNC2)cc1. The molecule has 0 radical (unpaired) electrons. The van der Waals surface area contributed by atoms with Gasteiger partial charge in [0.05, 0.1) is 0 Å². The van der Waals surface area contributed by atoms with E-state index in [4.69, 9.17) is 0 Å². The number of piperidine rings is 1. The fraction of sp³-hybridized carbons (Fsp3) is 0.455. The molecule has 0 bridgehead atoms. The molecule has 1 saturated heterocycles. The molecular formula is C11H15ClFN. The van der Waals surface area contributed by atoms with E-state index in [0.717, 1.165) is 13.1 Å². The molecule has 1 aliphatic rings. The molecule has 1 fully saturated rings. The van der Waals surface area contributed by atoms with E-state index >= 15 is 0 Å². The minimum absolute atomic E-state index is 0. The molecule has 1 heterocycles. The van der Waals surface area contributed by atoms with Crippen LogP contribution in [0.15, 0.2) is 24.3 Å². The predicted octanol–water partition coefficient (Wildman–Crippen LogP) is 2.71. The van der Waals surface area contributed by atoms with Crippen LogP contribution in [0, 0.1) is 5.82 Å². The first kappa shape index (κ1) is 11.5. The number of benzene rings is 1. The van der Waals surface area contributed by atoms with Crippen molar-refractivity contribution >= 4 is 12.4 Å². The van der Waals surface area contributed by atoms with Crippen LogP contribution in [-0.4, -0.2) is 13.1 Å². The topological polar surface area (TPSA) is 12.0 Å². The lowest BCUT2D eigenvalue weighted by molar-refractivity contribution is 0.461. The summed E-state index contributed by atoms with van der Waals surface area (Å²) in [5.41, 5.74) is 1.26. The van der Waals surface area contributed by atoms with Crippen LogP contribution in [-0.2, 0) is 0 Å². The highest BCUT2D eigenvalue weighted by atomic mass is 35.5. The molecule has 0 aliphatic carbocycles. The number of hydrogen-bond acceptors (Lipinski definition) is 1. The van der Waals surface area contributed by atoms with E-state index in [1.165, 1.54) is 18.4 Å². The summed E-state index contributed by atoms with van der Waals surface area (Å²) in [4.78, 5) is 0. The molecule has 14 heavy (non-hydrogen) atoms. The molecular weight excluding hydrogens is 201 g/mol. The first-order chi connectivity index (χ1) is 6.36. The minimum atomic E-state index is -0.146. The van der Waals surface area contributed by atoms with Crippen molar-refractivity contribution in [2.45, 2.75) is 18.8 Å². The van der Waals surface area contributed by atoms with Crippen molar-refractivity contribution in [1.82, 2.24) is 5.32 Å². The Bertz CT molecular complexity index is 267. The molecule has 0 amide bonds. The highest BCUT2D eigenvalue weighted by Crippen LogP contribution is 2.22. The lowest BCUT2D eigenvalue weighted by atomic mass is 9.92. The minimum Gasteiger partial charge on any atom is -0.316 e. The van der Waals surface area contributed by atoms with Crippen LogP contribution in [0.5, 0.6) is 0 Å². The molecule has 0 spiro atoms. The predicted molar refractivity (Wildman–Crippen MR) is 58.5 cm³/mol. The molecule has 1 nitrogen and oxygen atoms in total. The van der Waals surface area contributed by atoms with Crippen LogP contribution in [0.3, 0.4) is 0 Å². The van der Waals surface area contributed by atoms with Gasteiger partial charge in [-0.15, -0.1) is 12.4 Å². The second-order valence-electron chi connectivity index (χ2n) is 3.59. The van der Waals surface area contributed by atoms with Gasteiger partial charge in [0.15, 0.2) is 0 Å². The summed E-state index contributed by atoms with van der Waals surface area (Å²) >= 11 is 0. The zero-order valence-corrected chi connectivity index (χ0v) is 8.82. The van der Waals surface area contributed by atoms with Gasteiger partial charge in [-0.3, -0.25) is 0 Å². The maximum absolute atomic E-state index is 12.6. The first-order valence-corrected chi connectivity index (χ1v) is 4.82. The fourth-order valence-corrected chi connectivity index (χ4v) is 1.87. The fourth-order valence-electron chi connectivity index (χ4n) is 1.87. The normalized spacial score (nSPS) is 21.4. The van der Waals surface area contributed by atoms with E-state index in [9.17, 15) is 4.39 Å². The Morgan fingerprint density at radius 1 is 1.21 bits per heavy atom. The summed E-state index contributed by atoms with van der Waals surface area (Å²) in [7, 11) is 0. The van der Waals surface area contributed by atoms with E-state index in [-0.39, 0.29) is 18.2 Å². The first-order valence-electron chi connectivity index (χ1n) is 4.82. The molecule has 1 atom stereocenters. The van der Waals surface area contributed by atoms with Gasteiger partial charge in [-0.25, -0.2) is 4.39 Å². The third-order valence-corrected chi connectivity index (χ3v) is 2.64. The van der Waals surface area contributed by atoms with Crippen LogP contribution < -0.4 is 5.32 Å². The van der Waals surface area contributed by atoms with Crippen LogP contribution in [0.1, 0.15) is 24.3 Å². The van der Waals surface area contributed by atoms with Crippen molar-refractivity contribution in [3.63, 3.8) is 0 Å². The maximum Gasteiger partial charge on any atom is 0.123 e. The molecule has 0 saturated carbocycles. The van der Waals surface area contributed by atoms with Crippen LogP contribution in [0.4, 0.5) is 4.39 Å². The van der Waals surface area contributed by atoms with Gasteiger partial charge in [0.2, 0.25) is 0 Å². The Hall–Kier alpha value is -0.600. The average molecular weight is 216 g/mol. The van der Waals surface area contributed by atoms with Gasteiger partial charge < -0.3 is 5.32 Å². The van der Waals surface area contributed by atoms with Gasteiger partial charge in [-0.05, 0) is 43.0 Å². The summed E-state index contributed by atoms with van der Waals surface area (Å²) in [6, 6.07) is 6.88. The monoisotopic (exact) mass is 215 g/mol. The number of nitrogens with one attached hydrogen (secondary N) is 1. The average Bonchev–Trinajstić information content (AvgIpc) is 2.20. The third kappa shape index (κ3) is 2.69. The van der Waals surface area contributed by atoms with Crippen LogP contribution in [0.2, 0.25) is 0 Å². The molecule has 0 aromatic heterocycles. The van der Waals surface area contributed by atoms with Crippen molar-refractivity contribution in [3.8, 4) is 0 Å². The molecule has 1 N–H and O–H groups in total. The Kier molecular flexibility index (Phi) is 4.36. The number of rotatable bonds is 1. The summed E-state index contributed by atoms with van der Waals surface area (Å²) in [6.45, 7) is 2.16. The summed E-state index contributed by atoms with van der Waals surface area (Å²) in [5, 5.41) is 3.35. The Morgan fingerprint density at radius 3 is 2.50 bits per heavy atom. The zero-order chi connectivity index (χ0) is 9.10. The molecule has 2 rings (SSSR count). The van der Waals surface area contributed by atoms with Gasteiger partial charge in [0, 0.05) is 6.54 Å². The molecule has 1 aromatic carbocycles. The van der Waals surface area contributed by atoms with Gasteiger partial charge in [0.25, 0.3) is 0 Å². The third-order valence-electron chi connectivity index (χ3n) is 2.64. The van der Waals surface area contributed by atoms with Crippen molar-refractivity contribution in [2.24, 2.45) is 0 Å². The summed E-state index contributed by atoms with van der Waals surface area (Å²) in [6.07, 6.45) is 2.45. The molecule has 0 unspecified atom stereocenters. The second-order valence-corrected chi connectivity index (χ2v) is 3.59. The lowest BCUT2D eigenvalue weighted by Crippen LogP contribution is -2.28. The highest BCUT2D eigenvalue weighted by Gasteiger charge is 2.14. The lowest BCUT2D eigenvalue weighted by Gasteiger charge is -2.22. The van der Waals surface area contributed by atoms with Crippen LogP contribution in [0.25, 0.3) is 0 Å². The van der Waals surface area contributed by atoms with E-state index in [0.29, 0.717) is 5.92 Å². The second kappa shape index (κ2) is 5.32. The highest BCUT2D eigenvalue weighted by molar-refractivity contribution is 5.85. The Balaban J connectivity index is 0.000000980. The Morgan fingerprint density at radius 2 is 1.93 bits per heavy atom. The number of halogens is 2. The smallest absolute Gasteiger partial charge is 0.123 e. The molecule has 1 aliphatic heterocycles. The number of hydrogen-bond donors (Lipinski definition) is 1. The van der Waals surface area contributed by atoms with Gasteiger partial charge in [0.1, 0.15) is 5.82 Å². The summed E-state index contributed by atoms with van der Waals surface area (Å²) < 4.78 is 12.6. The van der Waals surface area contributed by atoms with Gasteiger partial charge in [-0.2, -0.15) is 0 Å². The standard InChI is InChI=1S/C11H14FN.ClH/c12-11-5-3-9(4-6-11)10-2-1-7-13-8-10;/h3-6,10,13H,1-2,7-8H2;1H/t10-;/m1./s1. The van der Waals surface area contributed by atoms with Gasteiger partial charge >= 0.3 is 0 Å². The quantitative estimate of drug-likeness (QED) is 0.760. The Labute approximate surface area is 90.1 Å². The van der Waals surface area contributed by atoms with Crippen molar-refractivity contribution < 1.29 is 4.39 Å². The van der Waals surface area contributed by atoms with Crippen molar-refractivity contribution in [2.75, 3.05) is 13.1 Å². The maximum atomic E-state index is 12.6. The zero-order valence-electron chi connectivity index (χ0n) is 8.00. The molecule has 3 heteroatoms. The largest absolute Gasteiger partial charge is 0.316 e. The van der Waals surface area contributed by atoms with E-state index in [1.807, 2.05) is 12.1 Å².